The number of fused-ring (bicyclic) bond motifs is 1. The van der Waals surface area contributed by atoms with E-state index in [4.69, 9.17) is 15.2 Å². The monoisotopic (exact) mass is 470 g/mol. The summed E-state index contributed by atoms with van der Waals surface area (Å²) in [6.07, 6.45) is 4.61. The lowest BCUT2D eigenvalue weighted by Crippen LogP contribution is -2.27. The number of hydrogen-bond acceptors (Lipinski definition) is 7. The summed E-state index contributed by atoms with van der Waals surface area (Å²) in [5, 5.41) is 5.17. The van der Waals surface area contributed by atoms with Crippen LogP contribution >= 0.6 is 11.3 Å². The summed E-state index contributed by atoms with van der Waals surface area (Å²) in [5.74, 6) is 1.48. The molecule has 33 heavy (non-hydrogen) atoms. The van der Waals surface area contributed by atoms with E-state index in [1.807, 2.05) is 29.6 Å². The number of rotatable bonds is 9. The Morgan fingerprint density at radius 1 is 1.27 bits per heavy atom. The molecule has 3 aromatic rings. The van der Waals surface area contributed by atoms with E-state index in [0.717, 1.165) is 43.4 Å². The van der Waals surface area contributed by atoms with Crippen molar-refractivity contribution in [3.8, 4) is 5.75 Å². The van der Waals surface area contributed by atoms with E-state index in [1.54, 1.807) is 7.11 Å². The predicted octanol–water partition coefficient (Wildman–Crippen LogP) is 3.20. The minimum Gasteiger partial charge on any atom is -0.497 e. The Morgan fingerprint density at radius 2 is 2.06 bits per heavy atom. The maximum atomic E-state index is 12.7. The normalized spacial score (nSPS) is 18.4. The van der Waals surface area contributed by atoms with Crippen molar-refractivity contribution in [1.29, 1.82) is 0 Å². The Bertz CT molecular complexity index is 1150. The molecule has 1 amide bonds. The number of carbonyl (C=O) groups excluding carboxylic acids is 1. The van der Waals surface area contributed by atoms with Crippen LogP contribution in [0.5, 0.6) is 5.75 Å². The molecule has 1 saturated carbocycles. The van der Waals surface area contributed by atoms with Crippen molar-refractivity contribution in [3.05, 3.63) is 57.0 Å². The maximum Gasteiger partial charge on any atom is 0.287 e. The highest BCUT2D eigenvalue weighted by Crippen LogP contribution is 2.29. The highest BCUT2D eigenvalue weighted by molar-refractivity contribution is 7.16. The van der Waals surface area contributed by atoms with Crippen LogP contribution in [-0.2, 0) is 17.9 Å². The molecule has 0 bridgehead atoms. The molecule has 2 heterocycles. The second kappa shape index (κ2) is 10.9. The molecule has 2 aromatic heterocycles. The first-order chi connectivity index (χ1) is 16.1. The van der Waals surface area contributed by atoms with Crippen LogP contribution in [0.1, 0.15) is 47.4 Å². The minimum atomic E-state index is -0.434. The first-order valence-electron chi connectivity index (χ1n) is 11.3. The topological polar surface area (TPSA) is 119 Å². The number of aromatic nitrogens is 2. The molecule has 4 rings (SSSR count). The molecule has 4 N–H and O–H groups in total. The fraction of sp³-hybridized carbons (Fsp3) is 0.458. The maximum absolute atomic E-state index is 12.7. The van der Waals surface area contributed by atoms with E-state index in [0.29, 0.717) is 47.6 Å². The van der Waals surface area contributed by atoms with Crippen LogP contribution in [0.15, 0.2) is 34.4 Å². The number of benzene rings is 1. The zero-order chi connectivity index (χ0) is 23.2. The van der Waals surface area contributed by atoms with Gasteiger partial charge in [0.2, 0.25) is 5.82 Å². The van der Waals surface area contributed by atoms with Crippen molar-refractivity contribution >= 4 is 27.5 Å². The molecule has 0 spiro atoms. The molecule has 1 aliphatic rings. The van der Waals surface area contributed by atoms with Gasteiger partial charge in [0.05, 0.1) is 19.1 Å². The van der Waals surface area contributed by atoms with Gasteiger partial charge in [-0.3, -0.25) is 9.59 Å². The van der Waals surface area contributed by atoms with E-state index in [9.17, 15) is 9.59 Å². The number of hydrogen-bond donors (Lipinski definition) is 3. The number of H-pyrrole nitrogens is 1. The van der Waals surface area contributed by atoms with Crippen LogP contribution < -0.4 is 21.3 Å². The molecule has 9 heteroatoms. The molecule has 0 atom stereocenters. The summed E-state index contributed by atoms with van der Waals surface area (Å²) >= 11 is 1.35. The highest BCUT2D eigenvalue weighted by atomic mass is 32.1. The Kier molecular flexibility index (Phi) is 7.74. The molecule has 1 aliphatic carbocycles. The number of nitrogens with two attached hydrogens (primary N) is 1. The van der Waals surface area contributed by atoms with Crippen LogP contribution in [0.2, 0.25) is 0 Å². The molecule has 0 radical (unpaired) electrons. The molecule has 0 aliphatic heterocycles. The van der Waals surface area contributed by atoms with E-state index >= 15 is 0 Å². The third-order valence-electron chi connectivity index (χ3n) is 6.23. The number of methoxy groups -OCH3 is 1. The summed E-state index contributed by atoms with van der Waals surface area (Å²) in [6.45, 7) is 2.12. The number of aromatic amines is 1. The van der Waals surface area contributed by atoms with Gasteiger partial charge in [0.1, 0.15) is 10.6 Å². The van der Waals surface area contributed by atoms with Crippen molar-refractivity contribution in [1.82, 2.24) is 15.3 Å². The Morgan fingerprint density at radius 3 is 2.82 bits per heavy atom. The van der Waals surface area contributed by atoms with Crippen molar-refractivity contribution in [2.24, 2.45) is 17.6 Å². The lowest BCUT2D eigenvalue weighted by Gasteiger charge is -2.27. The van der Waals surface area contributed by atoms with Gasteiger partial charge in [-0.05, 0) is 67.1 Å². The highest BCUT2D eigenvalue weighted by Gasteiger charge is 2.21. The van der Waals surface area contributed by atoms with Crippen LogP contribution in [0.4, 0.5) is 0 Å². The predicted molar refractivity (Wildman–Crippen MR) is 129 cm³/mol. The van der Waals surface area contributed by atoms with Gasteiger partial charge in [-0.2, -0.15) is 0 Å². The average molecular weight is 471 g/mol. The standard InChI is InChI=1S/C24H30N4O4S/c1-31-19-4-2-3-17(9-19)11-26-23(30)21-27-22(29)20-18(14-33-24(20)28-21)13-32-12-16-7-5-15(10-25)6-8-16/h2-4,9,14-16H,5-8,10-13,25H2,1H3,(H,26,30)(H,27,28,29). The van der Waals surface area contributed by atoms with Gasteiger partial charge < -0.3 is 25.5 Å². The number of thiophene rings is 1. The van der Waals surface area contributed by atoms with E-state index in [2.05, 4.69) is 15.3 Å². The number of amides is 1. The second-order valence-corrected chi connectivity index (χ2v) is 9.39. The summed E-state index contributed by atoms with van der Waals surface area (Å²) in [5.41, 5.74) is 7.14. The molecule has 0 saturated heterocycles. The first kappa shape index (κ1) is 23.4. The summed E-state index contributed by atoms with van der Waals surface area (Å²) in [4.78, 5) is 32.8. The largest absolute Gasteiger partial charge is 0.497 e. The fourth-order valence-corrected chi connectivity index (χ4v) is 5.16. The van der Waals surface area contributed by atoms with Crippen LogP contribution in [0.25, 0.3) is 10.2 Å². The fourth-order valence-electron chi connectivity index (χ4n) is 4.24. The molecular weight excluding hydrogens is 440 g/mol. The number of ether oxygens (including phenoxy) is 2. The van der Waals surface area contributed by atoms with Crippen molar-refractivity contribution in [2.45, 2.75) is 38.8 Å². The van der Waals surface area contributed by atoms with Crippen molar-refractivity contribution < 1.29 is 14.3 Å². The SMILES string of the molecule is COc1cccc(CNC(=O)c2nc3scc(COCC4CCC(CN)CC4)c3c(=O)[nH]2)c1. The molecular formula is C24H30N4O4S. The van der Waals surface area contributed by atoms with Gasteiger partial charge in [0.25, 0.3) is 11.5 Å². The molecule has 8 nitrogen and oxygen atoms in total. The minimum absolute atomic E-state index is 0.00128. The smallest absolute Gasteiger partial charge is 0.287 e. The first-order valence-corrected chi connectivity index (χ1v) is 12.1. The third kappa shape index (κ3) is 5.79. The zero-order valence-electron chi connectivity index (χ0n) is 18.8. The quantitative estimate of drug-likeness (QED) is 0.442. The van der Waals surface area contributed by atoms with Gasteiger partial charge in [-0.15, -0.1) is 11.3 Å². The van der Waals surface area contributed by atoms with Gasteiger partial charge in [0.15, 0.2) is 0 Å². The number of nitrogens with one attached hydrogen (secondary N) is 2. The van der Waals surface area contributed by atoms with Crippen molar-refractivity contribution in [2.75, 3.05) is 20.3 Å². The second-order valence-electron chi connectivity index (χ2n) is 8.53. The van der Waals surface area contributed by atoms with Crippen LogP contribution in [0.3, 0.4) is 0 Å². The number of nitrogens with zero attached hydrogens (tertiary/aromatic N) is 1. The van der Waals surface area contributed by atoms with E-state index < -0.39 is 5.91 Å². The Labute approximate surface area is 196 Å². The van der Waals surface area contributed by atoms with Crippen molar-refractivity contribution in [3.63, 3.8) is 0 Å². The molecule has 176 valence electrons. The number of carbonyl (C=O) groups is 1. The van der Waals surface area contributed by atoms with Gasteiger partial charge in [-0.1, -0.05) is 12.1 Å². The zero-order valence-corrected chi connectivity index (χ0v) is 19.6. The van der Waals surface area contributed by atoms with E-state index in [1.165, 1.54) is 11.3 Å². The van der Waals surface area contributed by atoms with Gasteiger partial charge >= 0.3 is 0 Å². The van der Waals surface area contributed by atoms with E-state index in [-0.39, 0.29) is 11.4 Å². The van der Waals surface area contributed by atoms with Crippen LogP contribution in [0, 0.1) is 11.8 Å². The Balaban J connectivity index is 1.36. The average Bonchev–Trinajstić information content (AvgIpc) is 3.26. The third-order valence-corrected chi connectivity index (χ3v) is 7.15. The van der Waals surface area contributed by atoms with Gasteiger partial charge in [-0.25, -0.2) is 4.98 Å². The molecule has 1 fully saturated rings. The lowest BCUT2D eigenvalue weighted by atomic mass is 9.82. The van der Waals surface area contributed by atoms with Gasteiger partial charge in [0, 0.05) is 18.7 Å². The molecule has 0 unspecified atom stereocenters. The molecule has 1 aromatic carbocycles. The lowest BCUT2D eigenvalue weighted by molar-refractivity contribution is 0.0684. The van der Waals surface area contributed by atoms with Crippen LogP contribution in [-0.4, -0.2) is 36.1 Å². The Hall–Kier alpha value is -2.75. The summed E-state index contributed by atoms with van der Waals surface area (Å²) < 4.78 is 11.1. The summed E-state index contributed by atoms with van der Waals surface area (Å²) in [7, 11) is 1.59. The summed E-state index contributed by atoms with van der Waals surface area (Å²) in [6, 6.07) is 7.42.